The summed E-state index contributed by atoms with van der Waals surface area (Å²) >= 11 is 0. The van der Waals surface area contributed by atoms with Crippen LogP contribution in [0.5, 0.6) is 0 Å². The van der Waals surface area contributed by atoms with Gasteiger partial charge in [-0.2, -0.15) is 5.26 Å². The van der Waals surface area contributed by atoms with Crippen LogP contribution in [0.1, 0.15) is 38.4 Å². The van der Waals surface area contributed by atoms with Gasteiger partial charge in [-0.3, -0.25) is 0 Å². The van der Waals surface area contributed by atoms with E-state index in [1.165, 1.54) is 0 Å². The molecule has 0 spiro atoms. The summed E-state index contributed by atoms with van der Waals surface area (Å²) in [6.45, 7) is 2.27. The van der Waals surface area contributed by atoms with Gasteiger partial charge in [0.05, 0.1) is 12.3 Å². The molecule has 0 unspecified atom stereocenters. The first kappa shape index (κ1) is 13.1. The van der Waals surface area contributed by atoms with Gasteiger partial charge in [-0.25, -0.2) is 0 Å². The van der Waals surface area contributed by atoms with Gasteiger partial charge in [0.2, 0.25) is 0 Å². The van der Waals surface area contributed by atoms with Crippen molar-refractivity contribution in [3.05, 3.63) is 35.8 Å². The maximum absolute atomic E-state index is 9.40. The van der Waals surface area contributed by atoms with Crippen molar-refractivity contribution in [3.8, 4) is 6.07 Å². The van der Waals surface area contributed by atoms with E-state index < -0.39 is 11.4 Å². The van der Waals surface area contributed by atoms with Gasteiger partial charge in [-0.15, -0.1) is 0 Å². The number of hydrogen-bond donors (Lipinski definition) is 0. The summed E-state index contributed by atoms with van der Waals surface area (Å²) in [6, 6.07) is 6.15. The van der Waals surface area contributed by atoms with Gasteiger partial charge in [0.25, 0.3) is 0 Å². The Bertz CT molecular complexity index is 643. The monoisotopic (exact) mass is 285 g/mol. The van der Waals surface area contributed by atoms with E-state index in [1.807, 2.05) is 18.2 Å². The quantitative estimate of drug-likeness (QED) is 0.834. The molecular formula is C17H19NO3. The van der Waals surface area contributed by atoms with Gasteiger partial charge < -0.3 is 13.9 Å². The lowest BCUT2D eigenvalue weighted by Gasteiger charge is -2.65. The van der Waals surface area contributed by atoms with Crippen LogP contribution in [0, 0.1) is 22.7 Å². The molecule has 2 aliphatic carbocycles. The van der Waals surface area contributed by atoms with Gasteiger partial charge in [0.15, 0.2) is 11.4 Å². The molecule has 4 nitrogen and oxygen atoms in total. The molecule has 0 radical (unpaired) electrons. The van der Waals surface area contributed by atoms with E-state index in [-0.39, 0.29) is 5.41 Å². The fraction of sp³-hybridized carbons (Fsp3) is 0.588. The first-order valence-electron chi connectivity index (χ1n) is 7.49. The van der Waals surface area contributed by atoms with Gasteiger partial charge in [-0.1, -0.05) is 6.92 Å². The number of furan rings is 1. The Balaban J connectivity index is 1.96. The molecule has 4 aliphatic rings. The molecule has 5 rings (SSSR count). The molecule has 110 valence electrons. The standard InChI is InChI=1S/C17H19NO3/c1-15-5-6-16(19-2)10-13(15)8-12(11-18)9-17(15,21-16)14-4-3-7-20-14/h3-4,7,9,13H,5-6,8,10H2,1-2H3/t13-,15+,16-,17+/m1/s1. The molecule has 0 N–H and O–H groups in total. The Morgan fingerprint density at radius 3 is 2.95 bits per heavy atom. The van der Waals surface area contributed by atoms with Gasteiger partial charge in [-0.05, 0) is 37.0 Å². The van der Waals surface area contributed by atoms with Gasteiger partial charge in [0.1, 0.15) is 5.76 Å². The third-order valence-corrected chi connectivity index (χ3v) is 5.93. The van der Waals surface area contributed by atoms with Crippen LogP contribution >= 0.6 is 0 Å². The molecule has 21 heavy (non-hydrogen) atoms. The summed E-state index contributed by atoms with van der Waals surface area (Å²) in [4.78, 5) is 0. The van der Waals surface area contributed by atoms with E-state index in [0.29, 0.717) is 5.92 Å². The molecule has 4 atom stereocenters. The average molecular weight is 285 g/mol. The zero-order valence-electron chi connectivity index (χ0n) is 12.4. The van der Waals surface area contributed by atoms with Crippen molar-refractivity contribution in [3.63, 3.8) is 0 Å². The van der Waals surface area contributed by atoms with Crippen molar-refractivity contribution in [2.24, 2.45) is 11.3 Å². The molecule has 0 amide bonds. The zero-order chi connectivity index (χ0) is 14.7. The van der Waals surface area contributed by atoms with Gasteiger partial charge in [0, 0.05) is 30.9 Å². The second-order valence-corrected chi connectivity index (χ2v) is 6.73. The zero-order valence-corrected chi connectivity index (χ0v) is 12.4. The number of allylic oxidation sites excluding steroid dienone is 1. The van der Waals surface area contributed by atoms with Crippen LogP contribution < -0.4 is 0 Å². The second kappa shape index (κ2) is 4.00. The number of rotatable bonds is 2. The first-order valence-corrected chi connectivity index (χ1v) is 7.49. The van der Waals surface area contributed by atoms with E-state index in [2.05, 4.69) is 13.0 Å². The third-order valence-electron chi connectivity index (χ3n) is 5.93. The van der Waals surface area contributed by atoms with E-state index in [1.54, 1.807) is 13.4 Å². The molecule has 2 aliphatic heterocycles. The summed E-state index contributed by atoms with van der Waals surface area (Å²) in [5.41, 5.74) is 0.0585. The molecule has 4 bridgehead atoms. The SMILES string of the molecule is CO[C@]12CC[C@@]3(C)[C@H](CC(C#N)=C[C@@]3(c3ccco3)O1)C2. The minimum absolute atomic E-state index is 0.0501. The summed E-state index contributed by atoms with van der Waals surface area (Å²) in [5.74, 6) is 0.611. The van der Waals surface area contributed by atoms with Crippen LogP contribution in [0.2, 0.25) is 0 Å². The van der Waals surface area contributed by atoms with Crippen molar-refractivity contribution in [1.82, 2.24) is 0 Å². The molecule has 1 aromatic heterocycles. The average Bonchev–Trinajstić information content (AvgIpc) is 3.01. The lowest BCUT2D eigenvalue weighted by atomic mass is 9.50. The summed E-state index contributed by atoms with van der Waals surface area (Å²) in [5, 5.41) is 9.40. The van der Waals surface area contributed by atoms with Crippen molar-refractivity contribution in [2.75, 3.05) is 7.11 Å². The van der Waals surface area contributed by atoms with Crippen LogP contribution in [0.25, 0.3) is 0 Å². The summed E-state index contributed by atoms with van der Waals surface area (Å²) < 4.78 is 18.0. The number of methoxy groups -OCH3 is 1. The first-order chi connectivity index (χ1) is 10.1. The van der Waals surface area contributed by atoms with Crippen LogP contribution in [0.4, 0.5) is 0 Å². The molecular weight excluding hydrogens is 266 g/mol. The van der Waals surface area contributed by atoms with E-state index in [9.17, 15) is 5.26 Å². The summed E-state index contributed by atoms with van der Waals surface area (Å²) in [7, 11) is 1.72. The number of nitrogens with zero attached hydrogens (tertiary/aromatic N) is 1. The van der Waals surface area contributed by atoms with E-state index in [0.717, 1.165) is 37.0 Å². The maximum atomic E-state index is 9.40. The fourth-order valence-electron chi connectivity index (χ4n) is 4.61. The maximum Gasteiger partial charge on any atom is 0.170 e. The van der Waals surface area contributed by atoms with E-state index in [4.69, 9.17) is 13.9 Å². The Hall–Kier alpha value is -1.57. The molecule has 2 saturated heterocycles. The minimum atomic E-state index is -0.684. The second-order valence-electron chi connectivity index (χ2n) is 6.73. The van der Waals surface area contributed by atoms with Crippen LogP contribution in [0.15, 0.2) is 34.5 Å². The third kappa shape index (κ3) is 1.46. The smallest absolute Gasteiger partial charge is 0.170 e. The highest BCUT2D eigenvalue weighted by atomic mass is 16.7. The predicted octanol–water partition coefficient (Wildman–Crippen LogP) is 3.51. The molecule has 0 aromatic carbocycles. The number of fused-ring (bicyclic) bond motifs is 1. The number of hydrogen-bond acceptors (Lipinski definition) is 4. The van der Waals surface area contributed by atoms with Crippen LogP contribution in [-0.2, 0) is 15.1 Å². The Kier molecular flexibility index (Phi) is 2.50. The predicted molar refractivity (Wildman–Crippen MR) is 75.0 cm³/mol. The van der Waals surface area contributed by atoms with Crippen molar-refractivity contribution in [1.29, 1.82) is 5.26 Å². The highest BCUT2D eigenvalue weighted by Crippen LogP contribution is 2.68. The lowest BCUT2D eigenvalue weighted by Crippen LogP contribution is -2.66. The molecule has 3 heterocycles. The molecule has 3 fully saturated rings. The van der Waals surface area contributed by atoms with E-state index >= 15 is 0 Å². The van der Waals surface area contributed by atoms with Crippen LogP contribution in [-0.4, -0.2) is 12.9 Å². The topological polar surface area (TPSA) is 55.4 Å². The van der Waals surface area contributed by atoms with Crippen LogP contribution in [0.3, 0.4) is 0 Å². The normalized spacial score (nSPS) is 44.2. The highest BCUT2D eigenvalue weighted by Gasteiger charge is 2.68. The largest absolute Gasteiger partial charge is 0.466 e. The van der Waals surface area contributed by atoms with Crippen molar-refractivity contribution >= 4 is 0 Å². The summed E-state index contributed by atoms with van der Waals surface area (Å²) in [6.07, 6.45) is 7.22. The Labute approximate surface area is 124 Å². The molecule has 4 heteroatoms. The molecule has 1 saturated carbocycles. The number of nitriles is 1. The van der Waals surface area contributed by atoms with Gasteiger partial charge >= 0.3 is 0 Å². The Morgan fingerprint density at radius 2 is 2.29 bits per heavy atom. The number of ether oxygens (including phenoxy) is 2. The molecule has 1 aromatic rings. The minimum Gasteiger partial charge on any atom is -0.466 e. The van der Waals surface area contributed by atoms with Crippen molar-refractivity contribution in [2.45, 2.75) is 44.0 Å². The van der Waals surface area contributed by atoms with Crippen molar-refractivity contribution < 1.29 is 13.9 Å². The lowest BCUT2D eigenvalue weighted by molar-refractivity contribution is -0.384. The highest BCUT2D eigenvalue weighted by molar-refractivity contribution is 5.39. The Morgan fingerprint density at radius 1 is 1.43 bits per heavy atom. The fourth-order valence-corrected chi connectivity index (χ4v) is 4.61.